The number of halogens is 1. The molecule has 0 amide bonds. The third-order valence-electron chi connectivity index (χ3n) is 3.53. The number of carbonyl (C=O) groups is 2. The average Bonchev–Trinajstić information content (AvgIpc) is 2.48. The molecule has 0 radical (unpaired) electrons. The monoisotopic (exact) mass is 299 g/mol. The number of esters is 1. The van der Waals surface area contributed by atoms with Crippen LogP contribution in [0.4, 0.5) is 10.1 Å². The third-order valence-corrected chi connectivity index (χ3v) is 3.53. The van der Waals surface area contributed by atoms with E-state index in [-0.39, 0.29) is 12.3 Å². The van der Waals surface area contributed by atoms with Crippen molar-refractivity contribution in [3.63, 3.8) is 0 Å². The number of carbonyl (C=O) groups excluding carboxylic acids is 2. The molecule has 2 aromatic carbocycles. The Bertz CT molecular complexity index is 757. The van der Waals surface area contributed by atoms with Crippen molar-refractivity contribution in [3.05, 3.63) is 59.4 Å². The summed E-state index contributed by atoms with van der Waals surface area (Å²) in [7, 11) is 0. The summed E-state index contributed by atoms with van der Waals surface area (Å²) < 4.78 is 18.5. The van der Waals surface area contributed by atoms with Gasteiger partial charge >= 0.3 is 5.97 Å². The van der Waals surface area contributed by atoms with Gasteiger partial charge in [-0.1, -0.05) is 18.2 Å². The maximum absolute atomic E-state index is 13.3. The van der Waals surface area contributed by atoms with E-state index in [0.29, 0.717) is 23.5 Å². The number of hydrogen-bond donors (Lipinski definition) is 0. The number of ether oxygens (including phenoxy) is 1. The molecule has 22 heavy (non-hydrogen) atoms. The number of nitrogens with zero attached hydrogens (tertiary/aromatic N) is 1. The Kier molecular flexibility index (Phi) is 3.63. The van der Waals surface area contributed by atoms with Crippen LogP contribution in [0, 0.1) is 5.82 Å². The molecule has 0 N–H and O–H groups in total. The van der Waals surface area contributed by atoms with Crippen LogP contribution >= 0.6 is 0 Å². The molecule has 4 nitrogen and oxygen atoms in total. The third kappa shape index (κ3) is 2.70. The number of rotatable bonds is 2. The van der Waals surface area contributed by atoms with Crippen molar-refractivity contribution in [2.75, 3.05) is 11.4 Å². The number of para-hydroxylation sites is 2. The highest BCUT2D eigenvalue weighted by molar-refractivity contribution is 6.02. The minimum Gasteiger partial charge on any atom is -0.425 e. The lowest BCUT2D eigenvalue weighted by atomic mass is 9.98. The molecule has 0 fully saturated rings. The Labute approximate surface area is 127 Å². The van der Waals surface area contributed by atoms with Crippen molar-refractivity contribution < 1.29 is 18.7 Å². The van der Waals surface area contributed by atoms with Crippen molar-refractivity contribution in [1.82, 2.24) is 0 Å². The molecule has 0 saturated heterocycles. The van der Waals surface area contributed by atoms with Gasteiger partial charge in [0.2, 0.25) is 0 Å². The van der Waals surface area contributed by atoms with Crippen LogP contribution in [0.1, 0.15) is 22.8 Å². The molecule has 1 aliphatic rings. The van der Waals surface area contributed by atoms with Gasteiger partial charge in [-0.3, -0.25) is 9.59 Å². The van der Waals surface area contributed by atoms with Gasteiger partial charge in [0.05, 0.1) is 12.2 Å². The number of Topliss-reactive ketones (excluding diaryl/α,β-unsaturated/α-hetero) is 1. The Morgan fingerprint density at radius 1 is 1.18 bits per heavy atom. The number of anilines is 1. The zero-order chi connectivity index (χ0) is 15.7. The molecule has 0 bridgehead atoms. The number of fused-ring (bicyclic) bond motifs is 1. The van der Waals surface area contributed by atoms with Gasteiger partial charge in [0.1, 0.15) is 5.82 Å². The van der Waals surface area contributed by atoms with E-state index in [9.17, 15) is 14.0 Å². The van der Waals surface area contributed by atoms with Crippen molar-refractivity contribution in [2.24, 2.45) is 0 Å². The van der Waals surface area contributed by atoms with Crippen LogP contribution in [-0.2, 0) is 11.3 Å². The highest BCUT2D eigenvalue weighted by Gasteiger charge is 2.25. The first-order valence-electron chi connectivity index (χ1n) is 6.88. The van der Waals surface area contributed by atoms with E-state index in [1.54, 1.807) is 24.3 Å². The van der Waals surface area contributed by atoms with Gasteiger partial charge in [-0.15, -0.1) is 0 Å². The average molecular weight is 299 g/mol. The first-order valence-corrected chi connectivity index (χ1v) is 6.88. The molecular formula is C17H14FNO3. The van der Waals surface area contributed by atoms with Crippen LogP contribution in [0.25, 0.3) is 0 Å². The van der Waals surface area contributed by atoms with Gasteiger partial charge in [-0.2, -0.15) is 0 Å². The molecule has 1 aliphatic heterocycles. The summed E-state index contributed by atoms with van der Waals surface area (Å²) in [5.74, 6) is -0.578. The molecule has 0 aromatic heterocycles. The van der Waals surface area contributed by atoms with Crippen LogP contribution in [0.3, 0.4) is 0 Å². The first kappa shape index (κ1) is 14.3. The highest BCUT2D eigenvalue weighted by atomic mass is 19.1. The smallest absolute Gasteiger partial charge is 0.308 e. The number of hydrogen-bond acceptors (Lipinski definition) is 4. The zero-order valence-corrected chi connectivity index (χ0v) is 12.0. The molecule has 0 saturated carbocycles. The molecule has 3 rings (SSSR count). The van der Waals surface area contributed by atoms with Crippen molar-refractivity contribution in [3.8, 4) is 5.75 Å². The molecule has 0 atom stereocenters. The quantitative estimate of drug-likeness (QED) is 0.632. The van der Waals surface area contributed by atoms with Gasteiger partial charge in [-0.25, -0.2) is 4.39 Å². The molecule has 5 heteroatoms. The minimum absolute atomic E-state index is 0.120. The predicted octanol–water partition coefficient (Wildman–Crippen LogP) is 2.95. The van der Waals surface area contributed by atoms with E-state index in [0.717, 1.165) is 5.56 Å². The van der Waals surface area contributed by atoms with Gasteiger partial charge in [0, 0.05) is 19.0 Å². The van der Waals surface area contributed by atoms with Gasteiger partial charge in [0.25, 0.3) is 0 Å². The Morgan fingerprint density at radius 2 is 1.95 bits per heavy atom. The number of ketones is 1. The van der Waals surface area contributed by atoms with Crippen LogP contribution in [0.15, 0.2) is 42.5 Å². The Hall–Kier alpha value is -2.69. The maximum atomic E-state index is 13.3. The molecule has 1 heterocycles. The lowest BCUT2D eigenvalue weighted by molar-refractivity contribution is -0.131. The summed E-state index contributed by atoms with van der Waals surface area (Å²) >= 11 is 0. The van der Waals surface area contributed by atoms with Crippen molar-refractivity contribution in [1.29, 1.82) is 0 Å². The van der Waals surface area contributed by atoms with Crippen molar-refractivity contribution >= 4 is 17.4 Å². The lowest BCUT2D eigenvalue weighted by Crippen LogP contribution is -2.35. The zero-order valence-electron chi connectivity index (χ0n) is 12.0. The van der Waals surface area contributed by atoms with E-state index in [1.807, 2.05) is 11.0 Å². The highest BCUT2D eigenvalue weighted by Crippen LogP contribution is 2.32. The van der Waals surface area contributed by atoms with Crippen molar-refractivity contribution in [2.45, 2.75) is 13.5 Å². The van der Waals surface area contributed by atoms with Gasteiger partial charge in [0.15, 0.2) is 11.5 Å². The van der Waals surface area contributed by atoms with Crippen LogP contribution in [0.2, 0.25) is 0 Å². The standard InChI is InChI=1S/C17H14FNO3/c1-11(20)22-17-5-3-2-4-15(17)19-9-12-6-7-13(18)8-14(12)16(21)10-19/h2-8H,9-10H2,1H3. The summed E-state index contributed by atoms with van der Waals surface area (Å²) in [6.07, 6.45) is 0. The van der Waals surface area contributed by atoms with E-state index in [4.69, 9.17) is 4.74 Å². The topological polar surface area (TPSA) is 46.6 Å². The van der Waals surface area contributed by atoms with E-state index >= 15 is 0 Å². The summed E-state index contributed by atoms with van der Waals surface area (Å²) in [6.45, 7) is 1.91. The van der Waals surface area contributed by atoms with Gasteiger partial charge < -0.3 is 9.64 Å². The fraction of sp³-hybridized carbons (Fsp3) is 0.176. The Morgan fingerprint density at radius 3 is 2.73 bits per heavy atom. The summed E-state index contributed by atoms with van der Waals surface area (Å²) in [6, 6.07) is 11.3. The molecule has 0 unspecified atom stereocenters. The summed E-state index contributed by atoms with van der Waals surface area (Å²) in [5.41, 5.74) is 1.84. The fourth-order valence-corrected chi connectivity index (χ4v) is 2.60. The second-order valence-electron chi connectivity index (χ2n) is 5.14. The van der Waals surface area contributed by atoms with Crippen LogP contribution < -0.4 is 9.64 Å². The normalized spacial score (nSPS) is 13.7. The Balaban J connectivity index is 1.96. The SMILES string of the molecule is CC(=O)Oc1ccccc1N1CC(=O)c2cc(F)ccc2C1. The molecular weight excluding hydrogens is 285 g/mol. The van der Waals surface area contributed by atoms with E-state index in [2.05, 4.69) is 0 Å². The van der Waals surface area contributed by atoms with Crippen LogP contribution in [0.5, 0.6) is 5.75 Å². The fourth-order valence-electron chi connectivity index (χ4n) is 2.60. The molecule has 0 aliphatic carbocycles. The molecule has 112 valence electrons. The first-order chi connectivity index (χ1) is 10.5. The largest absolute Gasteiger partial charge is 0.425 e. The number of benzene rings is 2. The second kappa shape index (κ2) is 5.60. The molecule has 2 aromatic rings. The second-order valence-corrected chi connectivity index (χ2v) is 5.14. The van der Waals surface area contributed by atoms with Crippen LogP contribution in [-0.4, -0.2) is 18.3 Å². The summed E-state index contributed by atoms with van der Waals surface area (Å²) in [4.78, 5) is 25.3. The lowest BCUT2D eigenvalue weighted by Gasteiger charge is -2.30. The maximum Gasteiger partial charge on any atom is 0.308 e. The molecule has 0 spiro atoms. The van der Waals surface area contributed by atoms with Gasteiger partial charge in [-0.05, 0) is 29.8 Å². The summed E-state index contributed by atoms with van der Waals surface area (Å²) in [5, 5.41) is 0. The van der Waals surface area contributed by atoms with E-state index in [1.165, 1.54) is 19.1 Å². The van der Waals surface area contributed by atoms with E-state index < -0.39 is 11.8 Å². The minimum atomic E-state index is -0.418. The predicted molar refractivity (Wildman–Crippen MR) is 79.5 cm³/mol.